The van der Waals surface area contributed by atoms with Crippen LogP contribution in [0, 0.1) is 0 Å². The molecule has 0 radical (unpaired) electrons. The number of hydrogen-bond donors (Lipinski definition) is 2. The van der Waals surface area contributed by atoms with E-state index in [2.05, 4.69) is 9.97 Å². The number of H-pyrrole nitrogens is 1. The molecule has 0 spiro atoms. The number of nitrogens with two attached hydrogens (primary N) is 1. The first kappa shape index (κ1) is 10.9. The highest BCUT2D eigenvalue weighted by Crippen LogP contribution is 2.28. The fraction of sp³-hybridized carbons (Fsp3) is 0. The highest BCUT2D eigenvalue weighted by atomic mass is 35.5. The van der Waals surface area contributed by atoms with Crippen molar-refractivity contribution in [2.24, 2.45) is 0 Å². The van der Waals surface area contributed by atoms with Crippen molar-refractivity contribution in [1.29, 1.82) is 0 Å². The van der Waals surface area contributed by atoms with Crippen LogP contribution < -0.4 is 11.3 Å². The van der Waals surface area contributed by atoms with E-state index in [0.29, 0.717) is 33.4 Å². The smallest absolute Gasteiger partial charge is 0.248 e. The Bertz CT molecular complexity index is 752. The summed E-state index contributed by atoms with van der Waals surface area (Å²) in [6, 6.07) is 7.98. The third-order valence-electron chi connectivity index (χ3n) is 2.51. The molecule has 0 fully saturated rings. The molecule has 0 unspecified atom stereocenters. The average molecular weight is 262 g/mol. The zero-order valence-corrected chi connectivity index (χ0v) is 9.86. The van der Waals surface area contributed by atoms with E-state index < -0.39 is 0 Å². The summed E-state index contributed by atoms with van der Waals surface area (Å²) in [7, 11) is 0. The first-order valence-corrected chi connectivity index (χ1v) is 5.56. The summed E-state index contributed by atoms with van der Waals surface area (Å²) >= 11 is 5.90. The van der Waals surface area contributed by atoms with Crippen molar-refractivity contribution in [2.45, 2.75) is 0 Å². The number of nitrogen functional groups attached to an aromatic ring is 1. The van der Waals surface area contributed by atoms with Crippen molar-refractivity contribution in [3.8, 4) is 11.6 Å². The van der Waals surface area contributed by atoms with E-state index in [9.17, 15) is 4.79 Å². The Morgan fingerprint density at radius 2 is 2.17 bits per heavy atom. The fourth-order valence-electron chi connectivity index (χ4n) is 1.65. The van der Waals surface area contributed by atoms with Gasteiger partial charge in [-0.25, -0.2) is 4.98 Å². The average Bonchev–Trinajstić information content (AvgIpc) is 2.73. The van der Waals surface area contributed by atoms with Gasteiger partial charge in [0.2, 0.25) is 11.4 Å². The molecule has 0 aliphatic heterocycles. The first-order chi connectivity index (χ1) is 8.63. The molecule has 90 valence electrons. The maximum absolute atomic E-state index is 11.2. The van der Waals surface area contributed by atoms with Crippen LogP contribution in [0.1, 0.15) is 0 Å². The molecule has 0 saturated carbocycles. The fourth-order valence-corrected chi connectivity index (χ4v) is 1.81. The Balaban J connectivity index is 2.22. The van der Waals surface area contributed by atoms with Gasteiger partial charge in [-0.3, -0.25) is 4.79 Å². The molecule has 0 bridgehead atoms. The molecule has 2 aromatic heterocycles. The van der Waals surface area contributed by atoms with Crippen molar-refractivity contribution >= 4 is 28.4 Å². The van der Waals surface area contributed by atoms with Gasteiger partial charge in [0.1, 0.15) is 11.2 Å². The van der Waals surface area contributed by atoms with Gasteiger partial charge >= 0.3 is 0 Å². The van der Waals surface area contributed by atoms with Crippen molar-refractivity contribution in [3.05, 3.63) is 45.7 Å². The number of rotatable bonds is 1. The molecule has 3 N–H and O–H groups in total. The lowest BCUT2D eigenvalue weighted by atomic mass is 10.3. The molecule has 0 amide bonds. The number of aromatic nitrogens is 2. The van der Waals surface area contributed by atoms with Gasteiger partial charge in [-0.1, -0.05) is 17.7 Å². The third kappa shape index (κ3) is 1.74. The molecule has 6 heteroatoms. The molecule has 0 atom stereocenters. The van der Waals surface area contributed by atoms with Gasteiger partial charge in [-0.05, 0) is 12.1 Å². The lowest BCUT2D eigenvalue weighted by molar-refractivity contribution is 0.616. The standard InChI is InChI=1S/C12H8ClN3O2/c13-6-4-9-10(5-7(6)14)18-12(16-9)8-2-1-3-11(17)15-8/h1-5H,14H2,(H,15,17). The Morgan fingerprint density at radius 3 is 2.94 bits per heavy atom. The zero-order valence-electron chi connectivity index (χ0n) is 9.11. The summed E-state index contributed by atoms with van der Waals surface area (Å²) in [4.78, 5) is 18.1. The van der Waals surface area contributed by atoms with Gasteiger partial charge in [-0.15, -0.1) is 0 Å². The topological polar surface area (TPSA) is 84.9 Å². The summed E-state index contributed by atoms with van der Waals surface area (Å²) < 4.78 is 5.53. The lowest BCUT2D eigenvalue weighted by Crippen LogP contribution is -2.03. The largest absolute Gasteiger partial charge is 0.435 e. The molecule has 1 aromatic carbocycles. The maximum atomic E-state index is 11.2. The van der Waals surface area contributed by atoms with E-state index in [1.807, 2.05) is 0 Å². The Labute approximate surface area is 106 Å². The monoisotopic (exact) mass is 261 g/mol. The van der Waals surface area contributed by atoms with Crippen molar-refractivity contribution in [1.82, 2.24) is 9.97 Å². The van der Waals surface area contributed by atoms with Crippen LogP contribution in [0.2, 0.25) is 5.02 Å². The van der Waals surface area contributed by atoms with Gasteiger partial charge in [0.15, 0.2) is 5.58 Å². The Hall–Kier alpha value is -2.27. The van der Waals surface area contributed by atoms with Crippen LogP contribution in [0.25, 0.3) is 22.7 Å². The van der Waals surface area contributed by atoms with E-state index >= 15 is 0 Å². The zero-order chi connectivity index (χ0) is 12.7. The third-order valence-corrected chi connectivity index (χ3v) is 2.83. The van der Waals surface area contributed by atoms with Crippen molar-refractivity contribution < 1.29 is 4.42 Å². The van der Waals surface area contributed by atoms with Crippen molar-refractivity contribution in [2.75, 3.05) is 5.73 Å². The Morgan fingerprint density at radius 1 is 1.33 bits per heavy atom. The minimum absolute atomic E-state index is 0.215. The van der Waals surface area contributed by atoms with Crippen LogP contribution in [0.4, 0.5) is 5.69 Å². The molecule has 3 rings (SSSR count). The van der Waals surface area contributed by atoms with E-state index in [4.69, 9.17) is 21.8 Å². The second-order valence-corrected chi connectivity index (χ2v) is 4.20. The lowest BCUT2D eigenvalue weighted by Gasteiger charge is -1.94. The van der Waals surface area contributed by atoms with E-state index in [-0.39, 0.29) is 5.56 Å². The SMILES string of the molecule is Nc1cc2oc(-c3cccc(=O)[nH]3)nc2cc1Cl. The number of aromatic amines is 1. The van der Waals surface area contributed by atoms with Gasteiger partial charge in [-0.2, -0.15) is 0 Å². The second-order valence-electron chi connectivity index (χ2n) is 3.79. The predicted molar refractivity (Wildman–Crippen MR) is 69.5 cm³/mol. The Kier molecular flexibility index (Phi) is 2.34. The molecule has 0 aliphatic carbocycles. The second kappa shape index (κ2) is 3.89. The summed E-state index contributed by atoms with van der Waals surface area (Å²) in [5.41, 5.74) is 7.51. The normalized spacial score (nSPS) is 10.9. The molecule has 2 heterocycles. The predicted octanol–water partition coefficient (Wildman–Crippen LogP) is 2.42. The highest BCUT2D eigenvalue weighted by Gasteiger charge is 2.10. The van der Waals surface area contributed by atoms with Crippen LogP contribution in [-0.2, 0) is 0 Å². The quantitative estimate of drug-likeness (QED) is 0.659. The molecule has 3 aromatic rings. The van der Waals surface area contributed by atoms with Crippen molar-refractivity contribution in [3.63, 3.8) is 0 Å². The number of hydrogen-bond acceptors (Lipinski definition) is 4. The molecule has 0 saturated heterocycles. The first-order valence-electron chi connectivity index (χ1n) is 5.19. The number of nitrogens with zero attached hydrogens (tertiary/aromatic N) is 1. The number of anilines is 1. The number of fused-ring (bicyclic) bond motifs is 1. The number of benzene rings is 1. The summed E-state index contributed by atoms with van der Waals surface area (Å²) in [6.07, 6.45) is 0. The molecule has 5 nitrogen and oxygen atoms in total. The summed E-state index contributed by atoms with van der Waals surface area (Å²) in [5, 5.41) is 0.420. The summed E-state index contributed by atoms with van der Waals surface area (Å²) in [5.74, 6) is 0.323. The van der Waals surface area contributed by atoms with Gasteiger partial charge in [0.05, 0.1) is 10.7 Å². The van der Waals surface area contributed by atoms with Gasteiger partial charge < -0.3 is 15.1 Å². The molecule has 0 aliphatic rings. The maximum Gasteiger partial charge on any atom is 0.248 e. The van der Waals surface area contributed by atoms with Crippen LogP contribution in [0.15, 0.2) is 39.5 Å². The minimum Gasteiger partial charge on any atom is -0.435 e. The van der Waals surface area contributed by atoms with E-state index in [1.165, 1.54) is 6.07 Å². The van der Waals surface area contributed by atoms with Gasteiger partial charge in [0, 0.05) is 12.1 Å². The molecule has 18 heavy (non-hydrogen) atoms. The number of oxazole rings is 1. The van der Waals surface area contributed by atoms with Crippen LogP contribution >= 0.6 is 11.6 Å². The number of nitrogens with one attached hydrogen (secondary N) is 1. The highest BCUT2D eigenvalue weighted by molar-refractivity contribution is 6.33. The molecular weight excluding hydrogens is 254 g/mol. The van der Waals surface area contributed by atoms with Crippen LogP contribution in [0.5, 0.6) is 0 Å². The van der Waals surface area contributed by atoms with Crippen LogP contribution in [0.3, 0.4) is 0 Å². The van der Waals surface area contributed by atoms with E-state index in [0.717, 1.165) is 0 Å². The summed E-state index contributed by atoms with van der Waals surface area (Å²) in [6.45, 7) is 0. The number of halogens is 1. The minimum atomic E-state index is -0.215. The van der Waals surface area contributed by atoms with Gasteiger partial charge in [0.25, 0.3) is 0 Å². The van der Waals surface area contributed by atoms with E-state index in [1.54, 1.807) is 24.3 Å². The molecular formula is C12H8ClN3O2. The number of pyridine rings is 1. The van der Waals surface area contributed by atoms with Crippen LogP contribution in [-0.4, -0.2) is 9.97 Å².